The molecule has 2 heterocycles. The molecule has 1 N–H and O–H groups in total. The molecule has 0 spiro atoms. The average molecular weight is 325 g/mol. The summed E-state index contributed by atoms with van der Waals surface area (Å²) in [7, 11) is 1.93. The van der Waals surface area contributed by atoms with Gasteiger partial charge in [0.15, 0.2) is 0 Å². The summed E-state index contributed by atoms with van der Waals surface area (Å²) in [6.45, 7) is 0. The van der Waals surface area contributed by atoms with E-state index < -0.39 is 0 Å². The van der Waals surface area contributed by atoms with E-state index in [0.717, 1.165) is 42.8 Å². The Kier molecular flexibility index (Phi) is 4.04. The molecule has 24 heavy (non-hydrogen) atoms. The first-order valence-corrected chi connectivity index (χ1v) is 8.87. The zero-order valence-electron chi connectivity index (χ0n) is 14.0. The zero-order valence-corrected chi connectivity index (χ0v) is 14.0. The number of aryl methyl sites for hydroxylation is 1. The topological polar surface area (TPSA) is 72.7 Å². The highest BCUT2D eigenvalue weighted by Crippen LogP contribution is 2.39. The van der Waals surface area contributed by atoms with Crippen LogP contribution >= 0.6 is 0 Å². The average Bonchev–Trinajstić information content (AvgIpc) is 3.37. The molecule has 1 amide bonds. The molecule has 2 aromatic heterocycles. The number of aromatic nitrogens is 4. The number of carbonyl (C=O) groups is 1. The van der Waals surface area contributed by atoms with E-state index in [9.17, 15) is 4.79 Å². The molecule has 2 fully saturated rings. The Bertz CT molecular complexity index is 744. The van der Waals surface area contributed by atoms with E-state index in [-0.39, 0.29) is 11.9 Å². The van der Waals surface area contributed by atoms with Crippen LogP contribution in [0.2, 0.25) is 0 Å². The first-order valence-electron chi connectivity index (χ1n) is 8.87. The molecule has 0 atom stereocenters. The summed E-state index contributed by atoms with van der Waals surface area (Å²) >= 11 is 0. The van der Waals surface area contributed by atoms with Gasteiger partial charge in [-0.25, -0.2) is 15.0 Å². The Labute approximate surface area is 141 Å². The minimum atomic E-state index is -0.146. The molecule has 0 radical (unpaired) electrons. The first-order chi connectivity index (χ1) is 11.7. The second-order valence-electron chi connectivity index (χ2n) is 6.97. The number of amides is 1. The fourth-order valence-corrected chi connectivity index (χ4v) is 3.39. The molecule has 6 nitrogen and oxygen atoms in total. The van der Waals surface area contributed by atoms with E-state index in [0.29, 0.717) is 11.7 Å². The van der Waals surface area contributed by atoms with Crippen LogP contribution in [0.25, 0.3) is 11.4 Å². The third-order valence-electron chi connectivity index (χ3n) is 4.96. The molecule has 0 unspecified atom stereocenters. The van der Waals surface area contributed by atoms with Gasteiger partial charge >= 0.3 is 0 Å². The second-order valence-corrected chi connectivity index (χ2v) is 6.97. The van der Waals surface area contributed by atoms with E-state index in [4.69, 9.17) is 0 Å². The van der Waals surface area contributed by atoms with Gasteiger partial charge in [0, 0.05) is 24.7 Å². The zero-order chi connectivity index (χ0) is 16.5. The van der Waals surface area contributed by atoms with Crippen molar-refractivity contribution in [3.05, 3.63) is 30.1 Å². The summed E-state index contributed by atoms with van der Waals surface area (Å²) in [5.41, 5.74) is 2.67. The summed E-state index contributed by atoms with van der Waals surface area (Å²) in [6, 6.07) is 2.27. The molecule has 126 valence electrons. The fourth-order valence-electron chi connectivity index (χ4n) is 3.39. The van der Waals surface area contributed by atoms with Gasteiger partial charge in [-0.05, 0) is 31.7 Å². The van der Waals surface area contributed by atoms with Gasteiger partial charge in [0.2, 0.25) is 5.82 Å². The minimum absolute atomic E-state index is 0.146. The summed E-state index contributed by atoms with van der Waals surface area (Å²) in [6.07, 6.45) is 11.6. The van der Waals surface area contributed by atoms with Gasteiger partial charge in [0.1, 0.15) is 0 Å². The smallest absolute Gasteiger partial charge is 0.289 e. The monoisotopic (exact) mass is 325 g/mol. The van der Waals surface area contributed by atoms with Gasteiger partial charge in [-0.2, -0.15) is 0 Å². The van der Waals surface area contributed by atoms with Gasteiger partial charge in [-0.3, -0.25) is 4.79 Å². The van der Waals surface area contributed by atoms with E-state index >= 15 is 0 Å². The highest BCUT2D eigenvalue weighted by Gasteiger charge is 2.28. The Morgan fingerprint density at radius 2 is 1.96 bits per heavy atom. The maximum atomic E-state index is 12.7. The fraction of sp³-hybridized carbons (Fsp3) is 0.556. The summed E-state index contributed by atoms with van der Waals surface area (Å²) in [5, 5.41) is 3.12. The SMILES string of the molecule is Cn1cncc1-c1cc(C2CC2)nc(C(=O)NC2CCCCC2)n1. The van der Waals surface area contributed by atoms with Crippen molar-refractivity contribution in [2.24, 2.45) is 7.05 Å². The lowest BCUT2D eigenvalue weighted by molar-refractivity contribution is 0.0917. The van der Waals surface area contributed by atoms with E-state index in [1.165, 1.54) is 19.3 Å². The van der Waals surface area contributed by atoms with Crippen LogP contribution in [0.15, 0.2) is 18.6 Å². The van der Waals surface area contributed by atoms with Crippen molar-refractivity contribution >= 4 is 5.91 Å². The second kappa shape index (κ2) is 6.34. The Morgan fingerprint density at radius 1 is 1.17 bits per heavy atom. The van der Waals surface area contributed by atoms with E-state index in [2.05, 4.69) is 20.3 Å². The predicted molar refractivity (Wildman–Crippen MR) is 90.5 cm³/mol. The van der Waals surface area contributed by atoms with Crippen molar-refractivity contribution in [2.45, 2.75) is 56.9 Å². The van der Waals surface area contributed by atoms with Gasteiger partial charge in [-0.1, -0.05) is 19.3 Å². The Morgan fingerprint density at radius 3 is 2.62 bits per heavy atom. The molecule has 2 aliphatic rings. The van der Waals surface area contributed by atoms with E-state index in [1.807, 2.05) is 17.7 Å². The van der Waals surface area contributed by atoms with Gasteiger partial charge in [0.25, 0.3) is 5.91 Å². The molecule has 0 saturated heterocycles. The van der Waals surface area contributed by atoms with Crippen LogP contribution in [-0.4, -0.2) is 31.5 Å². The van der Waals surface area contributed by atoms with E-state index in [1.54, 1.807) is 12.5 Å². The van der Waals surface area contributed by atoms with Gasteiger partial charge < -0.3 is 9.88 Å². The van der Waals surface area contributed by atoms with Crippen LogP contribution in [0, 0.1) is 0 Å². The number of hydrogen-bond donors (Lipinski definition) is 1. The van der Waals surface area contributed by atoms with Crippen molar-refractivity contribution in [1.82, 2.24) is 24.8 Å². The maximum Gasteiger partial charge on any atom is 0.289 e. The van der Waals surface area contributed by atoms with Crippen LogP contribution in [0.1, 0.15) is 67.2 Å². The third kappa shape index (κ3) is 3.18. The van der Waals surface area contributed by atoms with Crippen molar-refractivity contribution < 1.29 is 4.79 Å². The quantitative estimate of drug-likeness (QED) is 0.938. The molecule has 4 rings (SSSR count). The van der Waals surface area contributed by atoms with Crippen molar-refractivity contribution in [2.75, 3.05) is 0 Å². The lowest BCUT2D eigenvalue weighted by Crippen LogP contribution is -2.37. The maximum absolute atomic E-state index is 12.7. The molecule has 2 aromatic rings. The van der Waals surface area contributed by atoms with Crippen LogP contribution in [0.4, 0.5) is 0 Å². The highest BCUT2D eigenvalue weighted by atomic mass is 16.2. The highest BCUT2D eigenvalue weighted by molar-refractivity contribution is 5.91. The predicted octanol–water partition coefficient (Wildman–Crippen LogP) is 2.82. The van der Waals surface area contributed by atoms with Crippen LogP contribution < -0.4 is 5.32 Å². The molecular weight excluding hydrogens is 302 g/mol. The van der Waals surface area contributed by atoms with Crippen LogP contribution in [0.5, 0.6) is 0 Å². The molecular formula is C18H23N5O. The minimum Gasteiger partial charge on any atom is -0.347 e. The number of nitrogens with zero attached hydrogens (tertiary/aromatic N) is 4. The number of nitrogens with one attached hydrogen (secondary N) is 1. The number of hydrogen-bond acceptors (Lipinski definition) is 4. The molecule has 2 aliphatic carbocycles. The van der Waals surface area contributed by atoms with Crippen LogP contribution in [0.3, 0.4) is 0 Å². The Hall–Kier alpha value is -2.24. The van der Waals surface area contributed by atoms with Crippen molar-refractivity contribution in [3.63, 3.8) is 0 Å². The Balaban J connectivity index is 1.62. The normalized spacial score (nSPS) is 18.5. The number of imidazole rings is 1. The molecule has 2 saturated carbocycles. The molecule has 6 heteroatoms. The summed E-state index contributed by atoms with van der Waals surface area (Å²) < 4.78 is 1.92. The molecule has 0 bridgehead atoms. The van der Waals surface area contributed by atoms with Crippen molar-refractivity contribution in [1.29, 1.82) is 0 Å². The lowest BCUT2D eigenvalue weighted by atomic mass is 9.95. The molecule has 0 aromatic carbocycles. The standard InChI is InChI=1S/C18H23N5O/c1-23-11-19-10-16(23)15-9-14(12-7-8-12)21-17(22-15)18(24)20-13-5-3-2-4-6-13/h9-13H,2-8H2,1H3,(H,20,24). The molecule has 0 aliphatic heterocycles. The van der Waals surface area contributed by atoms with Gasteiger partial charge in [0.05, 0.1) is 23.9 Å². The summed E-state index contributed by atoms with van der Waals surface area (Å²) in [4.78, 5) is 25.9. The third-order valence-corrected chi connectivity index (χ3v) is 4.96. The van der Waals surface area contributed by atoms with Crippen molar-refractivity contribution in [3.8, 4) is 11.4 Å². The number of carbonyl (C=O) groups excluding carboxylic acids is 1. The summed E-state index contributed by atoms with van der Waals surface area (Å²) in [5.74, 6) is 0.621. The largest absolute Gasteiger partial charge is 0.347 e. The number of rotatable bonds is 4. The van der Waals surface area contributed by atoms with Gasteiger partial charge in [-0.15, -0.1) is 0 Å². The lowest BCUT2D eigenvalue weighted by Gasteiger charge is -2.22. The first kappa shape index (κ1) is 15.3. The van der Waals surface area contributed by atoms with Crippen LogP contribution in [-0.2, 0) is 7.05 Å².